The summed E-state index contributed by atoms with van der Waals surface area (Å²) in [5.41, 5.74) is 0. The topological polar surface area (TPSA) is 77.9 Å². The quantitative estimate of drug-likeness (QED) is 0.694. The van der Waals surface area contributed by atoms with Crippen LogP contribution in [0, 0.1) is 0 Å². The second-order valence-electron chi connectivity index (χ2n) is 4.98. The van der Waals surface area contributed by atoms with Crippen molar-refractivity contribution in [2.45, 2.75) is 38.7 Å². The normalized spacial score (nSPS) is 20.1. The van der Waals surface area contributed by atoms with E-state index < -0.39 is 41.5 Å². The maximum atomic E-state index is 12.5. The largest absolute Gasteiger partial charge is 0.395 e. The predicted octanol–water partition coefficient (Wildman–Crippen LogP) is 0.277. The van der Waals surface area contributed by atoms with Crippen molar-refractivity contribution >= 4 is 15.9 Å². The van der Waals surface area contributed by atoms with E-state index in [2.05, 4.69) is 0 Å². The summed E-state index contributed by atoms with van der Waals surface area (Å²) >= 11 is 0. The van der Waals surface area contributed by atoms with Gasteiger partial charge in [-0.2, -0.15) is 4.31 Å². The summed E-state index contributed by atoms with van der Waals surface area (Å²) in [6.45, 7) is 0.505. The lowest BCUT2D eigenvalue weighted by Gasteiger charge is -2.29. The van der Waals surface area contributed by atoms with Gasteiger partial charge in [-0.15, -0.1) is 0 Å². The number of rotatable bonds is 8. The first-order valence-corrected chi connectivity index (χ1v) is 8.61. The van der Waals surface area contributed by atoms with Crippen LogP contribution in [0.3, 0.4) is 0 Å². The Bertz CT molecular complexity index is 445. The van der Waals surface area contributed by atoms with Crippen LogP contribution in [-0.2, 0) is 14.8 Å². The highest BCUT2D eigenvalue weighted by atomic mass is 32.2. The molecule has 0 aromatic heterocycles. The molecule has 1 N–H and O–H groups in total. The molecule has 0 saturated carbocycles. The average Bonchev–Trinajstić information content (AvgIpc) is 2.86. The van der Waals surface area contributed by atoms with Crippen molar-refractivity contribution in [2.24, 2.45) is 0 Å². The number of sulfonamides is 1. The van der Waals surface area contributed by atoms with E-state index >= 15 is 0 Å². The molecule has 1 heterocycles. The van der Waals surface area contributed by atoms with Gasteiger partial charge in [-0.3, -0.25) is 4.79 Å². The molecule has 124 valence electrons. The van der Waals surface area contributed by atoms with Crippen LogP contribution in [0.15, 0.2) is 0 Å². The summed E-state index contributed by atoms with van der Waals surface area (Å²) in [4.78, 5) is 13.2. The highest BCUT2D eigenvalue weighted by Crippen LogP contribution is 2.23. The minimum atomic E-state index is -3.55. The van der Waals surface area contributed by atoms with E-state index in [1.807, 2.05) is 0 Å². The van der Waals surface area contributed by atoms with Gasteiger partial charge in [-0.25, -0.2) is 17.2 Å². The van der Waals surface area contributed by atoms with Gasteiger partial charge in [0.2, 0.25) is 15.9 Å². The van der Waals surface area contributed by atoms with Crippen molar-refractivity contribution in [1.29, 1.82) is 0 Å². The molecule has 0 aromatic rings. The molecule has 1 atom stereocenters. The van der Waals surface area contributed by atoms with E-state index in [1.165, 1.54) is 0 Å². The molecule has 0 spiro atoms. The molecule has 0 radical (unpaired) electrons. The molecule has 1 rings (SSSR count). The fourth-order valence-electron chi connectivity index (χ4n) is 2.48. The SMILES string of the molecule is CCCS(=O)(=O)N1CCCC1C(=O)N(CCO)CC(F)F. The Morgan fingerprint density at radius 2 is 2.14 bits per heavy atom. The minimum absolute atomic E-state index is 0.0639. The van der Waals surface area contributed by atoms with Crippen LogP contribution in [0.4, 0.5) is 8.78 Å². The number of amides is 1. The third-order valence-electron chi connectivity index (χ3n) is 3.35. The fourth-order valence-corrected chi connectivity index (χ4v) is 4.23. The Balaban J connectivity index is 2.87. The van der Waals surface area contributed by atoms with E-state index in [1.54, 1.807) is 6.92 Å². The van der Waals surface area contributed by atoms with Gasteiger partial charge in [-0.1, -0.05) is 6.92 Å². The lowest BCUT2D eigenvalue weighted by Crippen LogP contribution is -2.50. The number of alkyl halides is 2. The summed E-state index contributed by atoms with van der Waals surface area (Å²) in [6.07, 6.45) is -1.44. The molecule has 1 saturated heterocycles. The summed E-state index contributed by atoms with van der Waals surface area (Å²) in [7, 11) is -3.55. The van der Waals surface area contributed by atoms with Gasteiger partial charge in [0.1, 0.15) is 6.04 Å². The first-order chi connectivity index (χ1) is 9.83. The molecule has 1 fully saturated rings. The summed E-state index contributed by atoms with van der Waals surface area (Å²) in [6, 6.07) is -0.924. The van der Waals surface area contributed by atoms with Crippen LogP contribution in [0.2, 0.25) is 0 Å². The third-order valence-corrected chi connectivity index (χ3v) is 5.42. The first kappa shape index (κ1) is 18.2. The lowest BCUT2D eigenvalue weighted by atomic mass is 10.2. The molecule has 6 nitrogen and oxygen atoms in total. The summed E-state index contributed by atoms with van der Waals surface area (Å²) in [5, 5.41) is 8.88. The van der Waals surface area contributed by atoms with Gasteiger partial charge in [0, 0.05) is 13.1 Å². The Hall–Kier alpha value is -0.800. The lowest BCUT2D eigenvalue weighted by molar-refractivity contribution is -0.137. The van der Waals surface area contributed by atoms with Crippen molar-refractivity contribution in [3.05, 3.63) is 0 Å². The molecule has 9 heteroatoms. The number of hydrogen-bond acceptors (Lipinski definition) is 4. The highest BCUT2D eigenvalue weighted by molar-refractivity contribution is 7.89. The third kappa shape index (κ3) is 4.86. The maximum Gasteiger partial charge on any atom is 0.255 e. The highest BCUT2D eigenvalue weighted by Gasteiger charge is 2.40. The van der Waals surface area contributed by atoms with Crippen molar-refractivity contribution < 1.29 is 27.1 Å². The number of halogens is 2. The van der Waals surface area contributed by atoms with Crippen LogP contribution in [0.5, 0.6) is 0 Å². The van der Waals surface area contributed by atoms with Gasteiger partial charge in [0.15, 0.2) is 0 Å². The van der Waals surface area contributed by atoms with Gasteiger partial charge in [0.05, 0.1) is 18.9 Å². The van der Waals surface area contributed by atoms with Crippen molar-refractivity contribution in [3.8, 4) is 0 Å². The molecular formula is C12H22F2N2O4S. The molecule has 1 amide bonds. The number of aliphatic hydroxyl groups excluding tert-OH is 1. The molecular weight excluding hydrogens is 306 g/mol. The molecule has 1 aliphatic rings. The molecule has 0 aromatic carbocycles. The number of hydrogen-bond donors (Lipinski definition) is 1. The zero-order valence-electron chi connectivity index (χ0n) is 12.0. The van der Waals surface area contributed by atoms with E-state index in [0.29, 0.717) is 19.3 Å². The summed E-state index contributed by atoms with van der Waals surface area (Å²) < 4.78 is 50.3. The Labute approximate surface area is 123 Å². The Morgan fingerprint density at radius 1 is 1.48 bits per heavy atom. The standard InChI is InChI=1S/C12H22F2N2O4S/c1-2-8-21(19,20)16-5-3-4-10(16)12(18)15(6-7-17)9-11(13)14/h10-11,17H,2-9H2,1H3. The monoisotopic (exact) mass is 328 g/mol. The van der Waals surface area contributed by atoms with Gasteiger partial charge in [-0.05, 0) is 19.3 Å². The average molecular weight is 328 g/mol. The van der Waals surface area contributed by atoms with Crippen LogP contribution < -0.4 is 0 Å². The van der Waals surface area contributed by atoms with E-state index in [0.717, 1.165) is 9.21 Å². The van der Waals surface area contributed by atoms with Crippen molar-refractivity contribution in [2.75, 3.05) is 32.0 Å². The Morgan fingerprint density at radius 3 is 2.67 bits per heavy atom. The van der Waals surface area contributed by atoms with E-state index in [-0.39, 0.29) is 18.8 Å². The second kappa shape index (κ2) is 8.00. The smallest absolute Gasteiger partial charge is 0.255 e. The fraction of sp³-hybridized carbons (Fsp3) is 0.917. The van der Waals surface area contributed by atoms with Crippen molar-refractivity contribution in [1.82, 2.24) is 9.21 Å². The zero-order valence-corrected chi connectivity index (χ0v) is 12.9. The zero-order chi connectivity index (χ0) is 16.0. The number of aliphatic hydroxyl groups is 1. The minimum Gasteiger partial charge on any atom is -0.395 e. The van der Waals surface area contributed by atoms with Gasteiger partial charge < -0.3 is 10.0 Å². The maximum absolute atomic E-state index is 12.5. The molecule has 21 heavy (non-hydrogen) atoms. The molecule has 1 unspecified atom stereocenters. The molecule has 1 aliphatic heterocycles. The van der Waals surface area contributed by atoms with Crippen LogP contribution in [0.25, 0.3) is 0 Å². The van der Waals surface area contributed by atoms with E-state index in [9.17, 15) is 22.0 Å². The molecule has 0 bridgehead atoms. The summed E-state index contributed by atoms with van der Waals surface area (Å²) in [5.74, 6) is -0.715. The first-order valence-electron chi connectivity index (χ1n) is 7.00. The van der Waals surface area contributed by atoms with Crippen LogP contribution in [-0.4, -0.2) is 73.1 Å². The predicted molar refractivity (Wildman–Crippen MR) is 73.5 cm³/mol. The number of carbonyl (C=O) groups is 1. The second-order valence-corrected chi connectivity index (χ2v) is 7.02. The molecule has 0 aliphatic carbocycles. The van der Waals surface area contributed by atoms with Crippen molar-refractivity contribution in [3.63, 3.8) is 0 Å². The van der Waals surface area contributed by atoms with Crippen LogP contribution >= 0.6 is 0 Å². The van der Waals surface area contributed by atoms with Gasteiger partial charge in [0.25, 0.3) is 6.43 Å². The Kier molecular flexibility index (Phi) is 6.95. The van der Waals surface area contributed by atoms with Crippen LogP contribution in [0.1, 0.15) is 26.2 Å². The number of nitrogens with zero attached hydrogens (tertiary/aromatic N) is 2. The van der Waals surface area contributed by atoms with Gasteiger partial charge >= 0.3 is 0 Å². The number of carbonyl (C=O) groups excluding carboxylic acids is 1. The van der Waals surface area contributed by atoms with E-state index in [4.69, 9.17) is 5.11 Å².